The number of allylic oxidation sites excluding steroid dienone is 6. The van der Waals surface area contributed by atoms with Gasteiger partial charge in [-0.3, -0.25) is 9.59 Å². The zero-order valence-electron chi connectivity index (χ0n) is 17.9. The highest BCUT2D eigenvalue weighted by Crippen LogP contribution is 2.42. The van der Waals surface area contributed by atoms with Crippen LogP contribution in [0.4, 0.5) is 5.69 Å². The van der Waals surface area contributed by atoms with Crippen LogP contribution in [-0.2, 0) is 9.59 Å². The molecule has 0 amide bonds. The van der Waals surface area contributed by atoms with Gasteiger partial charge in [0.1, 0.15) is 11.5 Å². The summed E-state index contributed by atoms with van der Waals surface area (Å²) in [5, 5.41) is 21.1. The number of phenols is 1. The molecule has 0 saturated heterocycles. The van der Waals surface area contributed by atoms with Crippen molar-refractivity contribution in [3.63, 3.8) is 0 Å². The minimum atomic E-state index is -0.439. The molecule has 0 bridgehead atoms. The summed E-state index contributed by atoms with van der Waals surface area (Å²) in [5.74, 6) is -1.08. The van der Waals surface area contributed by atoms with Crippen LogP contribution >= 0.6 is 0 Å². The van der Waals surface area contributed by atoms with Crippen molar-refractivity contribution in [3.05, 3.63) is 64.6 Å². The number of rotatable bonds is 7. The van der Waals surface area contributed by atoms with Gasteiger partial charge in [0, 0.05) is 60.8 Å². The quantitative estimate of drug-likeness (QED) is 0.669. The number of nitrogens with zero attached hydrogens (tertiary/aromatic N) is 2. The molecule has 2 aliphatic rings. The number of hydrogen-bond donors (Lipinski definition) is 2. The van der Waals surface area contributed by atoms with E-state index in [1.54, 1.807) is 24.3 Å². The second-order valence-electron chi connectivity index (χ2n) is 7.15. The molecule has 6 heteroatoms. The van der Waals surface area contributed by atoms with E-state index < -0.39 is 5.78 Å². The molecule has 0 aromatic heterocycles. The van der Waals surface area contributed by atoms with Gasteiger partial charge in [-0.05, 0) is 52.0 Å². The van der Waals surface area contributed by atoms with E-state index in [0.717, 1.165) is 37.6 Å². The van der Waals surface area contributed by atoms with Gasteiger partial charge in [0.2, 0.25) is 5.78 Å². The number of phenolic OH excluding ortho intramolecular Hbond substituents is 1. The Morgan fingerprint density at radius 2 is 1.47 bits per heavy atom. The molecule has 0 unspecified atom stereocenters. The van der Waals surface area contributed by atoms with Crippen molar-refractivity contribution in [2.45, 2.75) is 27.7 Å². The lowest BCUT2D eigenvalue weighted by Crippen LogP contribution is -2.27. The number of aliphatic hydroxyl groups excluding tert-OH is 1. The lowest BCUT2D eigenvalue weighted by molar-refractivity contribution is -0.114. The van der Waals surface area contributed by atoms with Crippen LogP contribution in [0.3, 0.4) is 0 Å². The summed E-state index contributed by atoms with van der Waals surface area (Å²) in [6, 6.07) is 5.03. The second kappa shape index (κ2) is 8.61. The molecule has 1 aromatic rings. The molecule has 0 saturated carbocycles. The largest absolute Gasteiger partial charge is 0.507 e. The zero-order valence-corrected chi connectivity index (χ0v) is 17.9. The maximum atomic E-state index is 12.8. The SMILES string of the molecule is CCN(CC)C1=CC(=O)C(=C2C(=O)C(c3ccc(N(CC)CC)cc3O)=C2O)C=C1. The van der Waals surface area contributed by atoms with Crippen LogP contribution in [0.1, 0.15) is 33.3 Å². The fourth-order valence-corrected chi connectivity index (χ4v) is 3.92. The summed E-state index contributed by atoms with van der Waals surface area (Å²) in [5.41, 5.74) is 2.12. The molecule has 2 aliphatic carbocycles. The molecule has 2 N–H and O–H groups in total. The van der Waals surface area contributed by atoms with Gasteiger partial charge in [-0.2, -0.15) is 0 Å². The van der Waals surface area contributed by atoms with E-state index in [1.165, 1.54) is 6.08 Å². The highest BCUT2D eigenvalue weighted by Gasteiger charge is 2.39. The minimum Gasteiger partial charge on any atom is -0.507 e. The smallest absolute Gasteiger partial charge is 0.202 e. The molecule has 0 aliphatic heterocycles. The summed E-state index contributed by atoms with van der Waals surface area (Å²) >= 11 is 0. The van der Waals surface area contributed by atoms with Gasteiger partial charge in [-0.15, -0.1) is 0 Å². The van der Waals surface area contributed by atoms with E-state index in [9.17, 15) is 19.8 Å². The van der Waals surface area contributed by atoms with Crippen LogP contribution in [0.15, 0.2) is 59.0 Å². The molecular formula is C24H28N2O4. The Balaban J connectivity index is 1.95. The topological polar surface area (TPSA) is 81.1 Å². The number of aromatic hydroxyl groups is 1. The first-order chi connectivity index (χ1) is 14.4. The number of Topliss-reactive ketones (excluding diaryl/α,β-unsaturated/α-hetero) is 1. The molecule has 158 valence electrons. The average Bonchev–Trinajstić information content (AvgIpc) is 2.73. The van der Waals surface area contributed by atoms with Crippen molar-refractivity contribution >= 4 is 22.8 Å². The molecule has 0 fully saturated rings. The number of ketones is 2. The number of likely N-dealkylation sites (N-methyl/N-ethyl adjacent to an activating group) is 1. The van der Waals surface area contributed by atoms with Gasteiger partial charge < -0.3 is 20.0 Å². The third kappa shape index (κ3) is 3.54. The van der Waals surface area contributed by atoms with Gasteiger partial charge in [0.15, 0.2) is 5.78 Å². The number of benzene rings is 1. The van der Waals surface area contributed by atoms with E-state index in [1.807, 2.05) is 38.7 Å². The van der Waals surface area contributed by atoms with Crippen LogP contribution in [-0.4, -0.2) is 52.9 Å². The predicted molar refractivity (Wildman–Crippen MR) is 118 cm³/mol. The van der Waals surface area contributed by atoms with E-state index in [-0.39, 0.29) is 39.6 Å². The van der Waals surface area contributed by atoms with Crippen molar-refractivity contribution in [1.29, 1.82) is 0 Å². The average molecular weight is 408 g/mol. The predicted octanol–water partition coefficient (Wildman–Crippen LogP) is 3.75. The third-order valence-corrected chi connectivity index (χ3v) is 5.67. The number of hydrogen-bond acceptors (Lipinski definition) is 6. The summed E-state index contributed by atoms with van der Waals surface area (Å²) in [6.45, 7) is 11.2. The second-order valence-corrected chi connectivity index (χ2v) is 7.15. The molecule has 6 nitrogen and oxygen atoms in total. The zero-order chi connectivity index (χ0) is 22.0. The number of anilines is 1. The fourth-order valence-electron chi connectivity index (χ4n) is 3.92. The van der Waals surface area contributed by atoms with Crippen molar-refractivity contribution in [2.75, 3.05) is 31.1 Å². The molecule has 0 radical (unpaired) electrons. The highest BCUT2D eigenvalue weighted by atomic mass is 16.3. The van der Waals surface area contributed by atoms with Crippen molar-refractivity contribution < 1.29 is 19.8 Å². The summed E-state index contributed by atoms with van der Waals surface area (Å²) in [7, 11) is 0. The number of carbonyl (C=O) groups excluding carboxylic acids is 2. The van der Waals surface area contributed by atoms with Crippen LogP contribution in [0.5, 0.6) is 5.75 Å². The normalized spacial score (nSPS) is 18.5. The Labute approximate surface area is 177 Å². The van der Waals surface area contributed by atoms with Gasteiger partial charge in [0.25, 0.3) is 0 Å². The van der Waals surface area contributed by atoms with Crippen molar-refractivity contribution in [2.24, 2.45) is 0 Å². The molecular weight excluding hydrogens is 380 g/mol. The van der Waals surface area contributed by atoms with Crippen LogP contribution in [0.2, 0.25) is 0 Å². The van der Waals surface area contributed by atoms with Crippen LogP contribution in [0, 0.1) is 0 Å². The Morgan fingerprint density at radius 3 is 1.97 bits per heavy atom. The first-order valence-corrected chi connectivity index (χ1v) is 10.4. The lowest BCUT2D eigenvalue weighted by Gasteiger charge is -2.27. The van der Waals surface area contributed by atoms with Gasteiger partial charge in [0.05, 0.1) is 11.1 Å². The van der Waals surface area contributed by atoms with E-state index in [2.05, 4.69) is 4.90 Å². The Morgan fingerprint density at radius 1 is 0.833 bits per heavy atom. The minimum absolute atomic E-state index is 0.00770. The van der Waals surface area contributed by atoms with Gasteiger partial charge in [-0.1, -0.05) is 0 Å². The molecule has 0 heterocycles. The van der Waals surface area contributed by atoms with E-state index in [4.69, 9.17) is 0 Å². The lowest BCUT2D eigenvalue weighted by atomic mass is 9.79. The molecule has 3 rings (SSSR count). The number of carbonyl (C=O) groups is 2. The van der Waals surface area contributed by atoms with E-state index in [0.29, 0.717) is 0 Å². The van der Waals surface area contributed by atoms with Crippen LogP contribution in [0.25, 0.3) is 5.57 Å². The van der Waals surface area contributed by atoms with Crippen LogP contribution < -0.4 is 4.90 Å². The standard InChI is InChI=1S/C24H28N2O4/c1-5-25(6-2)15-9-11-17(19(27)13-15)21-23(29)22(24(21)30)18-12-10-16(14-20(18)28)26(7-3)8-4/h9-14,27,29H,5-8H2,1-4H3. The number of aliphatic hydroxyl groups is 1. The molecule has 30 heavy (non-hydrogen) atoms. The third-order valence-electron chi connectivity index (χ3n) is 5.67. The molecule has 1 aromatic carbocycles. The maximum Gasteiger partial charge on any atom is 0.202 e. The monoisotopic (exact) mass is 408 g/mol. The Hall–Kier alpha value is -3.28. The summed E-state index contributed by atoms with van der Waals surface area (Å²) in [6.07, 6.45) is 4.86. The molecule has 0 atom stereocenters. The van der Waals surface area contributed by atoms with Crippen molar-refractivity contribution in [3.8, 4) is 5.75 Å². The summed E-state index contributed by atoms with van der Waals surface area (Å²) < 4.78 is 0. The molecule has 0 spiro atoms. The highest BCUT2D eigenvalue weighted by molar-refractivity contribution is 6.41. The maximum absolute atomic E-state index is 12.8. The Bertz CT molecular complexity index is 1010. The van der Waals surface area contributed by atoms with Gasteiger partial charge >= 0.3 is 0 Å². The summed E-state index contributed by atoms with van der Waals surface area (Å²) in [4.78, 5) is 29.5. The first kappa shape index (κ1) is 21.4. The Kier molecular flexibility index (Phi) is 6.15. The fraction of sp³-hybridized carbons (Fsp3) is 0.333. The first-order valence-electron chi connectivity index (χ1n) is 10.4. The van der Waals surface area contributed by atoms with Crippen molar-refractivity contribution in [1.82, 2.24) is 4.90 Å². The van der Waals surface area contributed by atoms with E-state index >= 15 is 0 Å². The van der Waals surface area contributed by atoms with Gasteiger partial charge in [-0.25, -0.2) is 0 Å².